The molecule has 5 aromatic rings. The maximum atomic E-state index is 14.6. The molecule has 47 heavy (non-hydrogen) atoms. The SMILES string of the molecule is O=C(COCCOCCN1C(O)=C(F)c2ccccc2C1O)N(c1ccccc1-c1ccccc1)c1ccc([N+](=O)[O-])c2nonc12. The van der Waals surface area contributed by atoms with Crippen molar-refractivity contribution in [3.8, 4) is 11.1 Å². The summed E-state index contributed by atoms with van der Waals surface area (Å²) in [5.41, 5.74) is 2.27. The minimum absolute atomic E-state index is 0.00265. The molecule has 1 aliphatic rings. The number of nitro groups is 1. The number of hydrogen-bond donors (Lipinski definition) is 2. The fraction of sp³-hybridized carbons (Fsp3) is 0.182. The molecule has 14 heteroatoms. The van der Waals surface area contributed by atoms with Crippen LogP contribution in [0.2, 0.25) is 0 Å². The summed E-state index contributed by atoms with van der Waals surface area (Å²) in [4.78, 5) is 27.3. The lowest BCUT2D eigenvalue weighted by Crippen LogP contribution is -2.35. The van der Waals surface area contributed by atoms with E-state index in [0.717, 1.165) is 10.5 Å². The largest absolute Gasteiger partial charge is 0.493 e. The van der Waals surface area contributed by atoms with E-state index >= 15 is 0 Å². The van der Waals surface area contributed by atoms with Gasteiger partial charge >= 0.3 is 5.69 Å². The number of halogens is 1. The van der Waals surface area contributed by atoms with E-state index in [1.54, 1.807) is 30.3 Å². The number of non-ortho nitro benzene ring substituents is 1. The van der Waals surface area contributed by atoms with Crippen LogP contribution in [0.5, 0.6) is 0 Å². The quantitative estimate of drug-likeness (QED) is 0.0982. The van der Waals surface area contributed by atoms with Crippen molar-refractivity contribution < 1.29 is 38.4 Å². The van der Waals surface area contributed by atoms with Crippen LogP contribution < -0.4 is 4.90 Å². The highest BCUT2D eigenvalue weighted by molar-refractivity contribution is 6.10. The molecule has 0 saturated heterocycles. The van der Waals surface area contributed by atoms with Crippen molar-refractivity contribution in [2.24, 2.45) is 0 Å². The van der Waals surface area contributed by atoms with Crippen molar-refractivity contribution in [1.82, 2.24) is 15.2 Å². The molecule has 0 saturated carbocycles. The summed E-state index contributed by atoms with van der Waals surface area (Å²) >= 11 is 0. The summed E-state index contributed by atoms with van der Waals surface area (Å²) in [5.74, 6) is -2.02. The lowest BCUT2D eigenvalue weighted by atomic mass is 10.0. The first-order valence-electron chi connectivity index (χ1n) is 14.5. The first kappa shape index (κ1) is 31.3. The number of rotatable bonds is 12. The van der Waals surface area contributed by atoms with Gasteiger partial charge in [-0.1, -0.05) is 72.8 Å². The van der Waals surface area contributed by atoms with Crippen molar-refractivity contribution in [2.45, 2.75) is 6.23 Å². The Morgan fingerprint density at radius 2 is 1.57 bits per heavy atom. The Morgan fingerprint density at radius 1 is 0.894 bits per heavy atom. The number of nitrogens with zero attached hydrogens (tertiary/aromatic N) is 5. The number of nitro benzene ring substituents is 1. The van der Waals surface area contributed by atoms with Gasteiger partial charge in [-0.25, -0.2) is 9.02 Å². The molecule has 1 aliphatic heterocycles. The molecule has 240 valence electrons. The Kier molecular flexibility index (Phi) is 9.15. The van der Waals surface area contributed by atoms with Crippen molar-refractivity contribution in [3.63, 3.8) is 0 Å². The van der Waals surface area contributed by atoms with Gasteiger partial charge in [0.05, 0.1) is 36.1 Å². The number of para-hydroxylation sites is 1. The summed E-state index contributed by atoms with van der Waals surface area (Å²) in [6, 6.07) is 25.5. The van der Waals surface area contributed by atoms with Crippen LogP contribution in [0.1, 0.15) is 17.4 Å². The van der Waals surface area contributed by atoms with Gasteiger partial charge in [0.25, 0.3) is 5.91 Å². The topological polar surface area (TPSA) is 165 Å². The molecule has 6 rings (SSSR count). The zero-order valence-electron chi connectivity index (χ0n) is 24.7. The Hall–Kier alpha value is -5.70. The van der Waals surface area contributed by atoms with Gasteiger partial charge in [-0.2, -0.15) is 0 Å². The van der Waals surface area contributed by atoms with Gasteiger partial charge in [-0.15, -0.1) is 0 Å². The molecule has 0 aliphatic carbocycles. The predicted molar refractivity (Wildman–Crippen MR) is 168 cm³/mol. The fourth-order valence-electron chi connectivity index (χ4n) is 5.38. The minimum atomic E-state index is -1.25. The zero-order chi connectivity index (χ0) is 32.9. The highest BCUT2D eigenvalue weighted by Gasteiger charge is 2.32. The van der Waals surface area contributed by atoms with E-state index in [4.69, 9.17) is 14.1 Å². The second kappa shape index (κ2) is 13.7. The number of hydrogen-bond acceptors (Lipinski definition) is 11. The van der Waals surface area contributed by atoms with Crippen LogP contribution >= 0.6 is 0 Å². The molecule has 1 aromatic heterocycles. The van der Waals surface area contributed by atoms with Gasteiger partial charge in [-0.05, 0) is 28.0 Å². The second-order valence-corrected chi connectivity index (χ2v) is 10.4. The van der Waals surface area contributed by atoms with Crippen LogP contribution in [0.15, 0.2) is 102 Å². The first-order chi connectivity index (χ1) is 22.9. The van der Waals surface area contributed by atoms with E-state index in [9.17, 15) is 29.5 Å². The Morgan fingerprint density at radius 3 is 2.36 bits per heavy atom. The third-order valence-electron chi connectivity index (χ3n) is 7.60. The lowest BCUT2D eigenvalue weighted by molar-refractivity contribution is -0.383. The number of carbonyl (C=O) groups excluding carboxylic acids is 1. The standard InChI is InChI=1S/C33H28FN5O8/c34-29-23-11-4-5-12-24(23)32(41)37(33(29)42)16-17-45-18-19-46-20-28(40)38(25-13-7-6-10-22(25)21-8-2-1-3-9-21)26-14-15-27(39(43)44)31-30(26)35-47-36-31/h1-15,32,41-42H,16-20H2. The smallest absolute Gasteiger partial charge is 0.300 e. The average molecular weight is 642 g/mol. The number of aliphatic hydroxyl groups excluding tert-OH is 2. The van der Waals surface area contributed by atoms with Crippen LogP contribution in [0, 0.1) is 10.1 Å². The maximum Gasteiger partial charge on any atom is 0.300 e. The Labute approximate surface area is 266 Å². The van der Waals surface area contributed by atoms with Gasteiger partial charge in [0.1, 0.15) is 6.61 Å². The number of anilines is 2. The van der Waals surface area contributed by atoms with Crippen LogP contribution in [0.25, 0.3) is 28.0 Å². The van der Waals surface area contributed by atoms with E-state index in [-0.39, 0.29) is 54.3 Å². The van der Waals surface area contributed by atoms with Crippen LogP contribution in [0.4, 0.5) is 21.5 Å². The lowest BCUT2D eigenvalue weighted by Gasteiger charge is -2.33. The normalized spacial score (nSPS) is 14.3. The molecule has 0 radical (unpaired) electrons. The number of ether oxygens (including phenoxy) is 2. The molecule has 0 bridgehead atoms. The summed E-state index contributed by atoms with van der Waals surface area (Å²) in [5, 5.41) is 40.1. The number of aliphatic hydroxyl groups is 2. The number of amides is 1. The van der Waals surface area contributed by atoms with Crippen LogP contribution in [-0.2, 0) is 14.3 Å². The highest BCUT2D eigenvalue weighted by Crippen LogP contribution is 2.40. The molecule has 1 unspecified atom stereocenters. The van der Waals surface area contributed by atoms with Crippen molar-refractivity contribution in [3.05, 3.63) is 118 Å². The third kappa shape index (κ3) is 6.24. The molecule has 4 aromatic carbocycles. The Bertz CT molecular complexity index is 1950. The third-order valence-corrected chi connectivity index (χ3v) is 7.60. The zero-order valence-corrected chi connectivity index (χ0v) is 24.7. The highest BCUT2D eigenvalue weighted by atomic mass is 19.1. The Balaban J connectivity index is 1.15. The average Bonchev–Trinajstić information content (AvgIpc) is 3.59. The number of benzene rings is 4. The van der Waals surface area contributed by atoms with Gasteiger partial charge in [0.2, 0.25) is 11.4 Å². The van der Waals surface area contributed by atoms with E-state index < -0.39 is 35.4 Å². The molecule has 2 heterocycles. The van der Waals surface area contributed by atoms with E-state index in [2.05, 4.69) is 10.3 Å². The summed E-state index contributed by atoms with van der Waals surface area (Å²) in [7, 11) is 0. The molecular weight excluding hydrogens is 613 g/mol. The minimum Gasteiger partial charge on any atom is -0.493 e. The van der Waals surface area contributed by atoms with Gasteiger partial charge in [0, 0.05) is 29.3 Å². The van der Waals surface area contributed by atoms with E-state index in [1.165, 1.54) is 23.1 Å². The van der Waals surface area contributed by atoms with Gasteiger partial charge in [-0.3, -0.25) is 19.8 Å². The van der Waals surface area contributed by atoms with Gasteiger partial charge in [0.15, 0.2) is 17.6 Å². The maximum absolute atomic E-state index is 14.6. The predicted octanol–water partition coefficient (Wildman–Crippen LogP) is 5.66. The molecule has 2 N–H and O–H groups in total. The molecule has 0 fully saturated rings. The fourth-order valence-corrected chi connectivity index (χ4v) is 5.38. The summed E-state index contributed by atoms with van der Waals surface area (Å²) in [6.45, 7) is -0.338. The number of carbonyl (C=O) groups is 1. The van der Waals surface area contributed by atoms with Crippen molar-refractivity contribution in [2.75, 3.05) is 37.9 Å². The van der Waals surface area contributed by atoms with Crippen LogP contribution in [0.3, 0.4) is 0 Å². The van der Waals surface area contributed by atoms with E-state index in [0.29, 0.717) is 16.8 Å². The number of fused-ring (bicyclic) bond motifs is 2. The monoisotopic (exact) mass is 641 g/mol. The van der Waals surface area contributed by atoms with Crippen molar-refractivity contribution in [1.29, 1.82) is 0 Å². The molecule has 1 amide bonds. The van der Waals surface area contributed by atoms with Gasteiger partial charge < -0.3 is 24.6 Å². The summed E-state index contributed by atoms with van der Waals surface area (Å²) < 4.78 is 30.7. The van der Waals surface area contributed by atoms with Crippen molar-refractivity contribution >= 4 is 39.8 Å². The van der Waals surface area contributed by atoms with E-state index in [1.807, 2.05) is 42.5 Å². The molecule has 0 spiro atoms. The number of aromatic nitrogens is 2. The summed E-state index contributed by atoms with van der Waals surface area (Å²) in [6.07, 6.45) is -1.25. The molecule has 1 atom stereocenters. The first-order valence-corrected chi connectivity index (χ1v) is 14.5. The molecule has 13 nitrogen and oxygen atoms in total. The second-order valence-electron chi connectivity index (χ2n) is 10.4. The molecular formula is C33H28FN5O8. The van der Waals surface area contributed by atoms with Crippen LogP contribution in [-0.4, -0.2) is 69.2 Å².